The van der Waals surface area contributed by atoms with Crippen molar-refractivity contribution in [1.29, 1.82) is 0 Å². The Bertz CT molecular complexity index is 404. The van der Waals surface area contributed by atoms with Crippen molar-refractivity contribution in [1.82, 2.24) is 9.97 Å². The number of aliphatic hydroxyl groups is 1. The molecule has 0 radical (unpaired) electrons. The Morgan fingerprint density at radius 3 is 2.78 bits per heavy atom. The lowest BCUT2D eigenvalue weighted by Crippen LogP contribution is -2.28. The first-order valence-electron chi connectivity index (χ1n) is 6.77. The van der Waals surface area contributed by atoms with Crippen LogP contribution < -0.4 is 4.90 Å². The van der Waals surface area contributed by atoms with Crippen molar-refractivity contribution in [2.24, 2.45) is 0 Å². The lowest BCUT2D eigenvalue weighted by Gasteiger charge is -2.23. The van der Waals surface area contributed by atoms with Gasteiger partial charge in [-0.3, -0.25) is 0 Å². The average Bonchev–Trinajstić information content (AvgIpc) is 2.50. The highest BCUT2D eigenvalue weighted by Crippen LogP contribution is 2.25. The number of rotatable bonds is 2. The molecule has 2 heterocycles. The normalized spacial score (nSPS) is 25.3. The van der Waals surface area contributed by atoms with Gasteiger partial charge in [-0.15, -0.1) is 0 Å². The van der Waals surface area contributed by atoms with Gasteiger partial charge in [0, 0.05) is 24.8 Å². The molecule has 0 bridgehead atoms. The first kappa shape index (κ1) is 13.3. The van der Waals surface area contributed by atoms with E-state index in [1.165, 1.54) is 0 Å². The summed E-state index contributed by atoms with van der Waals surface area (Å²) in [5.41, 5.74) is 0.554. The number of anilines is 1. The van der Waals surface area contributed by atoms with Gasteiger partial charge >= 0.3 is 0 Å². The Morgan fingerprint density at radius 1 is 1.28 bits per heavy atom. The van der Waals surface area contributed by atoms with Crippen LogP contribution in [0.3, 0.4) is 0 Å². The summed E-state index contributed by atoms with van der Waals surface area (Å²) in [7, 11) is 0. The zero-order valence-corrected chi connectivity index (χ0v) is 11.6. The summed E-state index contributed by atoms with van der Waals surface area (Å²) in [6.45, 7) is 8.03. The predicted octanol–water partition coefficient (Wildman–Crippen LogP) is 2.34. The van der Waals surface area contributed by atoms with E-state index in [2.05, 4.69) is 34.8 Å². The average molecular weight is 249 g/mol. The highest BCUT2D eigenvalue weighted by Gasteiger charge is 2.25. The van der Waals surface area contributed by atoms with Crippen molar-refractivity contribution in [3.63, 3.8) is 0 Å². The van der Waals surface area contributed by atoms with Gasteiger partial charge in [-0.05, 0) is 32.1 Å². The molecule has 100 valence electrons. The zero-order valence-electron chi connectivity index (χ0n) is 11.6. The maximum atomic E-state index is 10.1. The Hall–Kier alpha value is -1.16. The van der Waals surface area contributed by atoms with E-state index >= 15 is 0 Å². The summed E-state index contributed by atoms with van der Waals surface area (Å²) < 4.78 is 0. The Morgan fingerprint density at radius 2 is 2.06 bits per heavy atom. The molecule has 1 aromatic rings. The first-order chi connectivity index (χ1) is 8.48. The molecular weight excluding hydrogens is 226 g/mol. The number of aromatic nitrogens is 2. The molecule has 2 rings (SSSR count). The van der Waals surface area contributed by atoms with Gasteiger partial charge in [0.05, 0.1) is 5.60 Å². The fourth-order valence-electron chi connectivity index (χ4n) is 2.34. The molecule has 4 heteroatoms. The third-order valence-electron chi connectivity index (χ3n) is 3.65. The molecule has 4 nitrogen and oxygen atoms in total. The van der Waals surface area contributed by atoms with Crippen molar-refractivity contribution < 1.29 is 5.11 Å². The van der Waals surface area contributed by atoms with Crippen LogP contribution in [0.1, 0.15) is 51.6 Å². The van der Waals surface area contributed by atoms with E-state index in [9.17, 15) is 5.11 Å². The molecule has 0 aromatic carbocycles. The predicted molar refractivity (Wildman–Crippen MR) is 72.8 cm³/mol. The molecule has 1 N–H and O–H groups in total. The van der Waals surface area contributed by atoms with Gasteiger partial charge < -0.3 is 10.0 Å². The summed E-state index contributed by atoms with van der Waals surface area (Å²) in [6, 6.07) is 2.07. The molecule has 1 aromatic heterocycles. The van der Waals surface area contributed by atoms with Crippen LogP contribution in [0.4, 0.5) is 5.82 Å². The van der Waals surface area contributed by atoms with Crippen LogP contribution in [-0.2, 0) is 0 Å². The van der Waals surface area contributed by atoms with Gasteiger partial charge in [-0.1, -0.05) is 13.8 Å². The lowest BCUT2D eigenvalue weighted by molar-refractivity contribution is 0.0481. The van der Waals surface area contributed by atoms with Crippen LogP contribution in [0.25, 0.3) is 0 Å². The molecule has 1 atom stereocenters. The molecular formula is C14H23N3O. The monoisotopic (exact) mass is 249 g/mol. The highest BCUT2D eigenvalue weighted by molar-refractivity contribution is 5.39. The fourth-order valence-corrected chi connectivity index (χ4v) is 2.34. The second-order valence-electron chi connectivity index (χ2n) is 5.79. The van der Waals surface area contributed by atoms with E-state index in [0.717, 1.165) is 43.9 Å². The fraction of sp³-hybridized carbons (Fsp3) is 0.714. The van der Waals surface area contributed by atoms with Crippen molar-refractivity contribution in [3.05, 3.63) is 18.1 Å². The van der Waals surface area contributed by atoms with Gasteiger partial charge in [-0.2, -0.15) is 0 Å². The van der Waals surface area contributed by atoms with Crippen molar-refractivity contribution >= 4 is 5.82 Å². The van der Waals surface area contributed by atoms with Gasteiger partial charge in [0.2, 0.25) is 0 Å². The zero-order chi connectivity index (χ0) is 13.2. The van der Waals surface area contributed by atoms with E-state index in [1.807, 2.05) is 6.92 Å². The number of hydrogen-bond donors (Lipinski definition) is 1. The minimum atomic E-state index is -0.525. The van der Waals surface area contributed by atoms with E-state index in [4.69, 9.17) is 0 Å². The van der Waals surface area contributed by atoms with E-state index in [1.54, 1.807) is 6.33 Å². The summed E-state index contributed by atoms with van der Waals surface area (Å²) >= 11 is 0. The Kier molecular flexibility index (Phi) is 3.85. The van der Waals surface area contributed by atoms with E-state index < -0.39 is 5.60 Å². The van der Waals surface area contributed by atoms with E-state index in [-0.39, 0.29) is 0 Å². The van der Waals surface area contributed by atoms with Crippen LogP contribution in [0.5, 0.6) is 0 Å². The van der Waals surface area contributed by atoms with Crippen LogP contribution >= 0.6 is 0 Å². The first-order valence-corrected chi connectivity index (χ1v) is 6.77. The molecule has 1 aliphatic rings. The maximum absolute atomic E-state index is 10.1. The van der Waals surface area contributed by atoms with Gasteiger partial charge in [0.1, 0.15) is 12.1 Å². The Balaban J connectivity index is 2.13. The molecule has 0 aliphatic carbocycles. The molecule has 1 unspecified atom stereocenters. The van der Waals surface area contributed by atoms with Crippen LogP contribution in [0, 0.1) is 0 Å². The number of hydrogen-bond acceptors (Lipinski definition) is 4. The minimum absolute atomic E-state index is 0.418. The minimum Gasteiger partial charge on any atom is -0.390 e. The maximum Gasteiger partial charge on any atom is 0.132 e. The standard InChI is InChI=1S/C14H23N3O/c1-11(2)12-9-13(16-10-15-12)17-7-4-5-14(3,18)6-8-17/h9-11,18H,4-8H2,1-3H3. The molecule has 18 heavy (non-hydrogen) atoms. The summed E-state index contributed by atoms with van der Waals surface area (Å²) in [6.07, 6.45) is 4.32. The SMILES string of the molecule is CC(C)c1cc(N2CCCC(C)(O)CC2)ncn1. The third kappa shape index (κ3) is 3.19. The van der Waals surface area contributed by atoms with Crippen LogP contribution in [0.2, 0.25) is 0 Å². The summed E-state index contributed by atoms with van der Waals surface area (Å²) in [5, 5.41) is 10.1. The molecule has 0 spiro atoms. The highest BCUT2D eigenvalue weighted by atomic mass is 16.3. The van der Waals surface area contributed by atoms with Crippen LogP contribution in [-0.4, -0.2) is 33.8 Å². The van der Waals surface area contributed by atoms with E-state index in [0.29, 0.717) is 5.92 Å². The van der Waals surface area contributed by atoms with Crippen molar-refractivity contribution in [2.75, 3.05) is 18.0 Å². The molecule has 0 saturated carbocycles. The van der Waals surface area contributed by atoms with Gasteiger partial charge in [-0.25, -0.2) is 9.97 Å². The summed E-state index contributed by atoms with van der Waals surface area (Å²) in [4.78, 5) is 10.9. The topological polar surface area (TPSA) is 49.2 Å². The quantitative estimate of drug-likeness (QED) is 0.874. The molecule has 1 saturated heterocycles. The van der Waals surface area contributed by atoms with Gasteiger partial charge in [0.15, 0.2) is 0 Å². The molecule has 1 fully saturated rings. The largest absolute Gasteiger partial charge is 0.390 e. The number of nitrogens with zero attached hydrogens (tertiary/aromatic N) is 3. The van der Waals surface area contributed by atoms with Gasteiger partial charge in [0.25, 0.3) is 0 Å². The second-order valence-corrected chi connectivity index (χ2v) is 5.79. The smallest absolute Gasteiger partial charge is 0.132 e. The molecule has 1 aliphatic heterocycles. The molecule has 0 amide bonds. The van der Waals surface area contributed by atoms with Crippen molar-refractivity contribution in [2.45, 2.75) is 51.6 Å². The van der Waals surface area contributed by atoms with Crippen molar-refractivity contribution in [3.8, 4) is 0 Å². The lowest BCUT2D eigenvalue weighted by atomic mass is 9.98. The summed E-state index contributed by atoms with van der Waals surface area (Å²) in [5.74, 6) is 1.41. The Labute approximate surface area is 109 Å². The second kappa shape index (κ2) is 5.22. The van der Waals surface area contributed by atoms with Crippen LogP contribution in [0.15, 0.2) is 12.4 Å². The third-order valence-corrected chi connectivity index (χ3v) is 3.65.